The molecule has 0 atom stereocenters. The average Bonchev–Trinajstić information content (AvgIpc) is 3.20. The van der Waals surface area contributed by atoms with Crippen LogP contribution in [0.5, 0.6) is 0 Å². The molecule has 0 saturated heterocycles. The van der Waals surface area contributed by atoms with Gasteiger partial charge in [-0.2, -0.15) is 10.1 Å². The Kier molecular flexibility index (Phi) is 6.22. The van der Waals surface area contributed by atoms with Crippen molar-refractivity contribution in [2.24, 2.45) is 0 Å². The van der Waals surface area contributed by atoms with Gasteiger partial charge in [0.15, 0.2) is 0 Å². The zero-order valence-corrected chi connectivity index (χ0v) is 16.6. The summed E-state index contributed by atoms with van der Waals surface area (Å²) in [5, 5.41) is 10.3. The van der Waals surface area contributed by atoms with E-state index in [1.807, 2.05) is 19.9 Å². The molecule has 0 fully saturated rings. The number of hydrogen-bond acceptors (Lipinski definition) is 7. The Morgan fingerprint density at radius 3 is 2.54 bits per heavy atom. The summed E-state index contributed by atoms with van der Waals surface area (Å²) < 4.78 is 29.1. The second-order valence-corrected chi connectivity index (χ2v) is 7.78. The molecule has 2 heterocycles. The van der Waals surface area contributed by atoms with Crippen molar-refractivity contribution < 1.29 is 8.42 Å². The Labute approximate surface area is 164 Å². The minimum absolute atomic E-state index is 0.204. The number of rotatable bonds is 9. The van der Waals surface area contributed by atoms with Crippen molar-refractivity contribution in [3.05, 3.63) is 54.5 Å². The van der Waals surface area contributed by atoms with Crippen LogP contribution in [-0.4, -0.2) is 47.8 Å². The standard InChI is InChI=1S/C18H23N7O2S/c1-3-19-18-23-14(2)13-17(24-18)20-10-11-22-28(26,27)16-7-5-15(6-8-16)25-12-4-9-21-25/h4-9,12-13,22H,3,10-11H2,1-2H3,(H2,19,20,23,24). The van der Waals surface area contributed by atoms with Crippen LogP contribution >= 0.6 is 0 Å². The molecule has 0 spiro atoms. The lowest BCUT2D eigenvalue weighted by molar-refractivity contribution is 0.583. The largest absolute Gasteiger partial charge is 0.369 e. The summed E-state index contributed by atoms with van der Waals surface area (Å²) in [7, 11) is -3.59. The molecule has 3 rings (SSSR count). The molecule has 0 radical (unpaired) electrons. The molecule has 0 aliphatic rings. The monoisotopic (exact) mass is 401 g/mol. The smallest absolute Gasteiger partial charge is 0.240 e. The average molecular weight is 401 g/mol. The number of nitrogens with one attached hydrogen (secondary N) is 3. The molecule has 3 N–H and O–H groups in total. The fourth-order valence-corrected chi connectivity index (χ4v) is 3.59. The molecular formula is C18H23N7O2S. The van der Waals surface area contributed by atoms with Crippen molar-refractivity contribution in [3.63, 3.8) is 0 Å². The summed E-state index contributed by atoms with van der Waals surface area (Å²) >= 11 is 0. The first-order chi connectivity index (χ1) is 13.5. The van der Waals surface area contributed by atoms with Gasteiger partial charge in [0.2, 0.25) is 16.0 Å². The first kappa shape index (κ1) is 19.8. The maximum absolute atomic E-state index is 12.4. The third kappa shape index (κ3) is 5.05. The Bertz CT molecular complexity index is 1000. The molecule has 0 amide bonds. The summed E-state index contributed by atoms with van der Waals surface area (Å²) in [6, 6.07) is 10.2. The van der Waals surface area contributed by atoms with Gasteiger partial charge in [-0.1, -0.05) is 0 Å². The highest BCUT2D eigenvalue weighted by atomic mass is 32.2. The Balaban J connectivity index is 1.55. The predicted molar refractivity (Wildman–Crippen MR) is 108 cm³/mol. The fourth-order valence-electron chi connectivity index (χ4n) is 2.56. The van der Waals surface area contributed by atoms with Crippen LogP contribution in [0, 0.1) is 6.92 Å². The van der Waals surface area contributed by atoms with Crippen LogP contribution in [0.4, 0.5) is 11.8 Å². The van der Waals surface area contributed by atoms with Crippen LogP contribution < -0.4 is 15.4 Å². The van der Waals surface area contributed by atoms with Gasteiger partial charge in [0.1, 0.15) is 5.82 Å². The van der Waals surface area contributed by atoms with Gasteiger partial charge in [-0.3, -0.25) is 0 Å². The Morgan fingerprint density at radius 2 is 1.86 bits per heavy atom. The lowest BCUT2D eigenvalue weighted by atomic mass is 10.3. The predicted octanol–water partition coefficient (Wildman–Crippen LogP) is 1.79. The van der Waals surface area contributed by atoms with Crippen LogP contribution in [0.2, 0.25) is 0 Å². The van der Waals surface area contributed by atoms with Crippen LogP contribution in [0.1, 0.15) is 12.6 Å². The van der Waals surface area contributed by atoms with Gasteiger partial charge in [0, 0.05) is 43.8 Å². The molecule has 0 aliphatic heterocycles. The van der Waals surface area contributed by atoms with Gasteiger partial charge in [-0.15, -0.1) is 0 Å². The molecule has 0 aliphatic carbocycles. The highest BCUT2D eigenvalue weighted by Gasteiger charge is 2.13. The summed E-state index contributed by atoms with van der Waals surface area (Å²) in [5.74, 6) is 1.19. The van der Waals surface area contributed by atoms with E-state index in [4.69, 9.17) is 0 Å². The molecule has 28 heavy (non-hydrogen) atoms. The Hall–Kier alpha value is -2.98. The molecule has 148 valence electrons. The van der Waals surface area contributed by atoms with Crippen LogP contribution in [0.3, 0.4) is 0 Å². The molecule has 0 bridgehead atoms. The zero-order chi connectivity index (χ0) is 20.0. The van der Waals surface area contributed by atoms with E-state index >= 15 is 0 Å². The lowest BCUT2D eigenvalue weighted by Gasteiger charge is -2.10. The van der Waals surface area contributed by atoms with E-state index in [0.717, 1.165) is 17.9 Å². The summed E-state index contributed by atoms with van der Waals surface area (Å²) in [6.07, 6.45) is 3.46. The molecule has 3 aromatic rings. The number of nitrogens with zero attached hydrogens (tertiary/aromatic N) is 4. The topological polar surface area (TPSA) is 114 Å². The van der Waals surface area contributed by atoms with Crippen molar-refractivity contribution in [2.75, 3.05) is 30.3 Å². The number of sulfonamides is 1. The first-order valence-electron chi connectivity index (χ1n) is 8.91. The van der Waals surface area contributed by atoms with Crippen LogP contribution in [0.25, 0.3) is 5.69 Å². The number of benzene rings is 1. The van der Waals surface area contributed by atoms with E-state index in [9.17, 15) is 8.42 Å². The number of anilines is 2. The maximum atomic E-state index is 12.4. The van der Waals surface area contributed by atoms with E-state index in [1.165, 1.54) is 0 Å². The van der Waals surface area contributed by atoms with E-state index in [1.54, 1.807) is 47.4 Å². The highest BCUT2D eigenvalue weighted by Crippen LogP contribution is 2.13. The quantitative estimate of drug-likeness (QED) is 0.468. The fraction of sp³-hybridized carbons (Fsp3) is 0.278. The van der Waals surface area contributed by atoms with Gasteiger partial charge in [0.05, 0.1) is 10.6 Å². The van der Waals surface area contributed by atoms with E-state index < -0.39 is 10.0 Å². The van der Waals surface area contributed by atoms with E-state index in [0.29, 0.717) is 18.3 Å². The highest BCUT2D eigenvalue weighted by molar-refractivity contribution is 7.89. The molecule has 2 aromatic heterocycles. The lowest BCUT2D eigenvalue weighted by Crippen LogP contribution is -2.29. The first-order valence-corrected chi connectivity index (χ1v) is 10.4. The zero-order valence-electron chi connectivity index (χ0n) is 15.8. The van der Waals surface area contributed by atoms with Gasteiger partial charge in [-0.05, 0) is 44.2 Å². The second-order valence-electron chi connectivity index (χ2n) is 6.02. The molecular weight excluding hydrogens is 378 g/mol. The summed E-state index contributed by atoms with van der Waals surface area (Å²) in [4.78, 5) is 8.81. The van der Waals surface area contributed by atoms with Crippen LogP contribution in [0.15, 0.2) is 53.7 Å². The van der Waals surface area contributed by atoms with Gasteiger partial charge >= 0.3 is 0 Å². The van der Waals surface area contributed by atoms with Crippen LogP contribution in [-0.2, 0) is 10.0 Å². The van der Waals surface area contributed by atoms with E-state index in [-0.39, 0.29) is 11.4 Å². The maximum Gasteiger partial charge on any atom is 0.240 e. The molecule has 1 aromatic carbocycles. The van der Waals surface area contributed by atoms with Crippen molar-refractivity contribution in [1.29, 1.82) is 0 Å². The van der Waals surface area contributed by atoms with Gasteiger partial charge < -0.3 is 10.6 Å². The van der Waals surface area contributed by atoms with Gasteiger partial charge in [-0.25, -0.2) is 22.8 Å². The Morgan fingerprint density at radius 1 is 1.07 bits per heavy atom. The van der Waals surface area contributed by atoms with E-state index in [2.05, 4.69) is 30.4 Å². The van der Waals surface area contributed by atoms with Crippen molar-refractivity contribution in [3.8, 4) is 5.69 Å². The third-order valence-electron chi connectivity index (χ3n) is 3.83. The molecule has 9 nitrogen and oxygen atoms in total. The van der Waals surface area contributed by atoms with Crippen molar-refractivity contribution in [1.82, 2.24) is 24.5 Å². The minimum atomic E-state index is -3.59. The van der Waals surface area contributed by atoms with Gasteiger partial charge in [0.25, 0.3) is 0 Å². The molecule has 0 unspecified atom stereocenters. The minimum Gasteiger partial charge on any atom is -0.369 e. The number of aromatic nitrogens is 4. The summed E-state index contributed by atoms with van der Waals surface area (Å²) in [6.45, 7) is 5.19. The number of hydrogen-bond donors (Lipinski definition) is 3. The number of aryl methyl sites for hydroxylation is 1. The third-order valence-corrected chi connectivity index (χ3v) is 5.31. The SMILES string of the molecule is CCNc1nc(C)cc(NCCNS(=O)(=O)c2ccc(-n3cccn3)cc2)n1. The molecule has 0 saturated carbocycles. The van der Waals surface area contributed by atoms with Crippen molar-refractivity contribution >= 4 is 21.8 Å². The molecule has 10 heteroatoms. The second kappa shape index (κ2) is 8.81. The summed E-state index contributed by atoms with van der Waals surface area (Å²) in [5.41, 5.74) is 1.62. The normalized spacial score (nSPS) is 11.4. The van der Waals surface area contributed by atoms with Crippen molar-refractivity contribution in [2.45, 2.75) is 18.7 Å².